The number of nitrogens with zero attached hydrogens (tertiary/aromatic N) is 4. The van der Waals surface area contributed by atoms with E-state index in [2.05, 4.69) is 39.6 Å². The molecule has 0 saturated carbocycles. The molecule has 1 aromatic carbocycles. The van der Waals surface area contributed by atoms with Crippen LogP contribution in [0, 0.1) is 17.2 Å². The molecule has 1 fully saturated rings. The van der Waals surface area contributed by atoms with E-state index in [0.717, 1.165) is 42.0 Å². The Bertz CT molecular complexity index is 1220. The van der Waals surface area contributed by atoms with Crippen molar-refractivity contribution in [2.75, 3.05) is 26.1 Å². The van der Waals surface area contributed by atoms with E-state index in [1.165, 1.54) is 0 Å². The molecule has 0 amide bonds. The van der Waals surface area contributed by atoms with Gasteiger partial charge in [-0.2, -0.15) is 10.4 Å². The van der Waals surface area contributed by atoms with Crippen molar-refractivity contribution in [1.82, 2.24) is 9.88 Å². The average molecular weight is 444 g/mol. The molecule has 8 nitrogen and oxygen atoms in total. The van der Waals surface area contributed by atoms with Crippen molar-refractivity contribution in [2.24, 2.45) is 11.0 Å². The van der Waals surface area contributed by atoms with Gasteiger partial charge in [-0.15, -0.1) is 0 Å². The predicted octanol–water partition coefficient (Wildman–Crippen LogP) is 2.24. The van der Waals surface area contributed by atoms with Gasteiger partial charge in [0, 0.05) is 35.2 Å². The lowest BCUT2D eigenvalue weighted by atomic mass is 9.53. The maximum atomic E-state index is 10.9. The molecule has 2 aromatic rings. The Balaban J connectivity index is 1.51. The zero-order valence-corrected chi connectivity index (χ0v) is 18.5. The van der Waals surface area contributed by atoms with Crippen molar-refractivity contribution < 1.29 is 14.6 Å². The number of aromatic nitrogens is 1. The lowest BCUT2D eigenvalue weighted by Crippen LogP contribution is -2.64. The molecule has 1 spiro atoms. The number of benzene rings is 1. The number of nitrogens with one attached hydrogen (secondary N) is 1. The number of pyridine rings is 1. The van der Waals surface area contributed by atoms with Gasteiger partial charge < -0.3 is 19.5 Å². The summed E-state index contributed by atoms with van der Waals surface area (Å²) in [5.41, 5.74) is 6.58. The van der Waals surface area contributed by atoms with E-state index in [-0.39, 0.29) is 29.2 Å². The van der Waals surface area contributed by atoms with Gasteiger partial charge in [0.15, 0.2) is 17.2 Å². The Morgan fingerprint density at radius 3 is 3.06 bits per heavy atom. The van der Waals surface area contributed by atoms with Crippen molar-refractivity contribution >= 4 is 11.4 Å². The summed E-state index contributed by atoms with van der Waals surface area (Å²) in [5.74, 6) is 1.59. The Morgan fingerprint density at radius 2 is 2.30 bits per heavy atom. The second-order valence-corrected chi connectivity index (χ2v) is 9.19. The second kappa shape index (κ2) is 7.30. The van der Waals surface area contributed by atoms with E-state index in [1.807, 2.05) is 18.2 Å². The first-order valence-electron chi connectivity index (χ1n) is 11.2. The highest BCUT2D eigenvalue weighted by atomic mass is 16.5. The molecule has 2 bridgehead atoms. The second-order valence-electron chi connectivity index (χ2n) is 9.19. The summed E-state index contributed by atoms with van der Waals surface area (Å²) >= 11 is 0. The zero-order chi connectivity index (χ0) is 22.7. The molecule has 4 aliphatic rings. The molecule has 2 N–H and O–H groups in total. The van der Waals surface area contributed by atoms with Crippen LogP contribution in [0.4, 0.5) is 5.69 Å². The number of likely N-dealkylation sites (tertiary alicyclic amines) is 1. The number of aliphatic hydroxyl groups excluding tert-OH is 1. The zero-order valence-electron chi connectivity index (χ0n) is 18.5. The number of hydrogen-bond acceptors (Lipinski definition) is 8. The lowest BCUT2D eigenvalue weighted by molar-refractivity contribution is -0.0452. The van der Waals surface area contributed by atoms with Crippen LogP contribution in [-0.4, -0.2) is 59.7 Å². The Morgan fingerprint density at radius 1 is 1.42 bits per heavy atom. The van der Waals surface area contributed by atoms with Gasteiger partial charge in [-0.1, -0.05) is 18.2 Å². The molecule has 8 heteroatoms. The minimum atomic E-state index is -0.669. The van der Waals surface area contributed by atoms with Crippen LogP contribution in [-0.2, 0) is 11.8 Å². The quantitative estimate of drug-likeness (QED) is 0.424. The van der Waals surface area contributed by atoms with Crippen LogP contribution in [0.25, 0.3) is 0 Å². The van der Waals surface area contributed by atoms with Crippen molar-refractivity contribution in [1.29, 1.82) is 5.26 Å². The van der Waals surface area contributed by atoms with Gasteiger partial charge in [-0.25, -0.2) is 0 Å². The van der Waals surface area contributed by atoms with Gasteiger partial charge in [0.25, 0.3) is 0 Å². The molecule has 6 rings (SSSR count). The number of piperidine rings is 1. The first-order chi connectivity index (χ1) is 16.1. The normalized spacial score (nSPS) is 31.4. The van der Waals surface area contributed by atoms with Gasteiger partial charge in [-0.3, -0.25) is 10.4 Å². The largest absolute Gasteiger partial charge is 0.493 e. The van der Waals surface area contributed by atoms with Gasteiger partial charge >= 0.3 is 0 Å². The Kier molecular flexibility index (Phi) is 4.47. The molecule has 1 saturated heterocycles. The summed E-state index contributed by atoms with van der Waals surface area (Å²) in [6.07, 6.45) is 6.41. The third-order valence-corrected chi connectivity index (χ3v) is 7.79. The fraction of sp³-hybridized carbons (Fsp3) is 0.400. The first kappa shape index (κ1) is 20.2. The Hall–Kier alpha value is -3.41. The fourth-order valence-corrected chi connectivity index (χ4v) is 6.32. The first-order valence-corrected chi connectivity index (χ1v) is 11.2. The van der Waals surface area contributed by atoms with Crippen LogP contribution in [0.1, 0.15) is 23.2 Å². The standard InChI is InChI=1S/C25H25N5O3/c1-30-10-8-25-15-6-7-20(31)24(25)33-23-21(32-2)12-17(14(22(23)25)11-19(15)30)28-29-18(13-26)16-5-3-4-9-27-16/h3-7,9,12,15,19-20,24,28,31H,8,10-11H2,1-2H3/b29-18+/t15-,19+,20-,24-,25-/m0/s1. The number of hydrogen-bond donors (Lipinski definition) is 2. The monoisotopic (exact) mass is 443 g/mol. The number of rotatable bonds is 4. The smallest absolute Gasteiger partial charge is 0.186 e. The van der Waals surface area contributed by atoms with Crippen molar-refractivity contribution in [3.05, 3.63) is 59.4 Å². The van der Waals surface area contributed by atoms with Gasteiger partial charge in [0.1, 0.15) is 24.0 Å². The molecular weight excluding hydrogens is 418 g/mol. The van der Waals surface area contributed by atoms with E-state index >= 15 is 0 Å². The van der Waals surface area contributed by atoms with E-state index in [1.54, 1.807) is 25.4 Å². The minimum absolute atomic E-state index is 0.205. The van der Waals surface area contributed by atoms with E-state index in [0.29, 0.717) is 11.4 Å². The van der Waals surface area contributed by atoms with Crippen LogP contribution in [0.2, 0.25) is 0 Å². The number of likely N-dealkylation sites (N-methyl/N-ethyl adjacent to an activating group) is 1. The maximum absolute atomic E-state index is 10.9. The van der Waals surface area contributed by atoms with Crippen LogP contribution >= 0.6 is 0 Å². The Labute approximate surface area is 192 Å². The van der Waals surface area contributed by atoms with E-state index in [4.69, 9.17) is 9.47 Å². The van der Waals surface area contributed by atoms with Crippen molar-refractivity contribution in [2.45, 2.75) is 36.5 Å². The third kappa shape index (κ3) is 2.70. The highest BCUT2D eigenvalue weighted by Crippen LogP contribution is 2.63. The van der Waals surface area contributed by atoms with Gasteiger partial charge in [0.2, 0.25) is 0 Å². The van der Waals surface area contributed by atoms with Crippen LogP contribution in [0.5, 0.6) is 11.5 Å². The van der Waals surface area contributed by atoms with Gasteiger partial charge in [0.05, 0.1) is 12.8 Å². The van der Waals surface area contributed by atoms with E-state index < -0.39 is 6.10 Å². The molecule has 0 unspecified atom stereocenters. The summed E-state index contributed by atoms with van der Waals surface area (Å²) < 4.78 is 12.2. The SMILES string of the molecule is COc1cc(N/N=C(\C#N)c2ccccn2)c2c3c1O[C@H]1[C@@H](O)C=C[C@H]4[C@@H](C2)N(C)CC[C@@]341. The third-order valence-electron chi connectivity index (χ3n) is 7.79. The number of methoxy groups -OCH3 is 1. The molecule has 0 radical (unpaired) electrons. The fourth-order valence-electron chi connectivity index (χ4n) is 6.32. The number of nitriles is 1. The summed E-state index contributed by atoms with van der Waals surface area (Å²) in [6.45, 7) is 0.941. The predicted molar refractivity (Wildman–Crippen MR) is 122 cm³/mol. The molecule has 2 aliphatic heterocycles. The number of anilines is 1. The van der Waals surface area contributed by atoms with Crippen molar-refractivity contribution in [3.8, 4) is 17.6 Å². The number of hydrazone groups is 1. The van der Waals surface area contributed by atoms with Crippen LogP contribution in [0.15, 0.2) is 47.7 Å². The van der Waals surface area contributed by atoms with Crippen LogP contribution in [0.3, 0.4) is 0 Å². The summed E-state index contributed by atoms with van der Waals surface area (Å²) in [5, 5.41) is 24.9. The van der Waals surface area contributed by atoms with Crippen LogP contribution < -0.4 is 14.9 Å². The summed E-state index contributed by atoms with van der Waals surface area (Å²) in [7, 11) is 3.78. The summed E-state index contributed by atoms with van der Waals surface area (Å²) in [6, 6.07) is 9.69. The van der Waals surface area contributed by atoms with E-state index in [9.17, 15) is 10.4 Å². The molecule has 33 heavy (non-hydrogen) atoms. The summed E-state index contributed by atoms with van der Waals surface area (Å²) in [4.78, 5) is 6.65. The molecular formula is C25H25N5O3. The maximum Gasteiger partial charge on any atom is 0.186 e. The highest BCUT2D eigenvalue weighted by molar-refractivity contribution is 6.10. The topological polar surface area (TPSA) is 103 Å². The molecule has 1 aromatic heterocycles. The number of aliphatic hydroxyl groups is 1. The molecule has 3 heterocycles. The molecule has 5 atom stereocenters. The number of ether oxygens (including phenoxy) is 2. The van der Waals surface area contributed by atoms with Crippen molar-refractivity contribution in [3.63, 3.8) is 0 Å². The molecule has 2 aliphatic carbocycles. The molecule has 168 valence electrons. The van der Waals surface area contributed by atoms with Gasteiger partial charge in [-0.05, 0) is 44.1 Å². The average Bonchev–Trinajstić information content (AvgIpc) is 3.19. The lowest BCUT2D eigenvalue weighted by Gasteiger charge is -2.56. The highest BCUT2D eigenvalue weighted by Gasteiger charge is 2.64. The minimum Gasteiger partial charge on any atom is -0.493 e.